The molecule has 0 spiro atoms. The molecule has 1 saturated heterocycles. The van der Waals surface area contributed by atoms with Crippen molar-refractivity contribution in [1.82, 2.24) is 0 Å². The topological polar surface area (TPSA) is 38.3 Å². The molecule has 7 heteroatoms. The van der Waals surface area contributed by atoms with Crippen molar-refractivity contribution in [3.05, 3.63) is 65.2 Å². The average Bonchev–Trinajstić information content (AvgIpc) is 2.67. The maximum Gasteiger partial charge on any atom is 0.416 e. The molecule has 0 atom stereocenters. The Labute approximate surface area is 160 Å². The summed E-state index contributed by atoms with van der Waals surface area (Å²) in [7, 11) is 0. The van der Waals surface area contributed by atoms with Crippen molar-refractivity contribution in [2.45, 2.75) is 30.0 Å². The maximum absolute atomic E-state index is 12.8. The van der Waals surface area contributed by atoms with Gasteiger partial charge in [0.15, 0.2) is 0 Å². The molecule has 1 heterocycles. The van der Waals surface area contributed by atoms with Crippen LogP contribution in [0.4, 0.5) is 18.9 Å². The molecule has 2 aromatic carbocycles. The molecule has 0 aliphatic carbocycles. The third-order valence-corrected chi connectivity index (χ3v) is 5.73. The molecular weight excluding hydrogens is 375 g/mol. The van der Waals surface area contributed by atoms with Crippen LogP contribution in [0.1, 0.15) is 34.3 Å². The number of carbonyl (C=O) groups excluding carboxylic acids is 1. The summed E-state index contributed by atoms with van der Waals surface area (Å²) in [4.78, 5) is 12.3. The minimum atomic E-state index is -4.47. The SMILES string of the molecule is O=C(Nc1cccc(CSC2CCOCC2)c1)c1cccc(C(F)(F)F)c1. The Hall–Kier alpha value is -1.99. The fraction of sp³-hybridized carbons (Fsp3) is 0.350. The van der Waals surface area contributed by atoms with Gasteiger partial charge in [-0.1, -0.05) is 18.2 Å². The lowest BCUT2D eigenvalue weighted by Gasteiger charge is -2.21. The van der Waals surface area contributed by atoms with Gasteiger partial charge in [-0.25, -0.2) is 0 Å². The van der Waals surface area contributed by atoms with Gasteiger partial charge in [-0.05, 0) is 48.7 Å². The van der Waals surface area contributed by atoms with Gasteiger partial charge in [0, 0.05) is 35.5 Å². The number of ether oxygens (including phenoxy) is 1. The Balaban J connectivity index is 1.62. The van der Waals surface area contributed by atoms with Crippen molar-refractivity contribution in [1.29, 1.82) is 0 Å². The summed E-state index contributed by atoms with van der Waals surface area (Å²) in [6.45, 7) is 1.59. The number of alkyl halides is 3. The number of hydrogen-bond acceptors (Lipinski definition) is 3. The van der Waals surface area contributed by atoms with Crippen molar-refractivity contribution >= 4 is 23.4 Å². The van der Waals surface area contributed by atoms with Crippen LogP contribution in [0.2, 0.25) is 0 Å². The van der Waals surface area contributed by atoms with E-state index in [0.29, 0.717) is 10.9 Å². The van der Waals surface area contributed by atoms with Crippen molar-refractivity contribution in [3.8, 4) is 0 Å². The molecule has 1 aliphatic heterocycles. The summed E-state index contributed by atoms with van der Waals surface area (Å²) < 4.78 is 43.8. The third-order valence-electron chi connectivity index (χ3n) is 4.29. The summed E-state index contributed by atoms with van der Waals surface area (Å²) in [6, 6.07) is 11.8. The van der Waals surface area contributed by atoms with Crippen LogP contribution < -0.4 is 5.32 Å². The smallest absolute Gasteiger partial charge is 0.381 e. The van der Waals surface area contributed by atoms with Crippen LogP contribution in [0.15, 0.2) is 48.5 Å². The molecule has 0 bridgehead atoms. The van der Waals surface area contributed by atoms with Crippen molar-refractivity contribution in [2.24, 2.45) is 0 Å². The highest BCUT2D eigenvalue weighted by Gasteiger charge is 2.30. The first-order chi connectivity index (χ1) is 12.9. The van der Waals surface area contributed by atoms with E-state index in [4.69, 9.17) is 4.74 Å². The van der Waals surface area contributed by atoms with Gasteiger partial charge < -0.3 is 10.1 Å². The van der Waals surface area contributed by atoms with Crippen molar-refractivity contribution in [2.75, 3.05) is 18.5 Å². The summed E-state index contributed by atoms with van der Waals surface area (Å²) in [6.07, 6.45) is -2.40. The molecule has 1 N–H and O–H groups in total. The van der Waals surface area contributed by atoms with Crippen LogP contribution in [0, 0.1) is 0 Å². The lowest BCUT2D eigenvalue weighted by Crippen LogP contribution is -2.17. The summed E-state index contributed by atoms with van der Waals surface area (Å²) in [5.74, 6) is 0.258. The summed E-state index contributed by atoms with van der Waals surface area (Å²) in [5.41, 5.74) is 0.777. The zero-order valence-electron chi connectivity index (χ0n) is 14.6. The maximum atomic E-state index is 12.8. The van der Waals surface area contributed by atoms with Gasteiger partial charge in [-0.3, -0.25) is 4.79 Å². The first-order valence-electron chi connectivity index (χ1n) is 8.69. The van der Waals surface area contributed by atoms with E-state index in [2.05, 4.69) is 5.32 Å². The number of anilines is 1. The second kappa shape index (κ2) is 8.80. The number of carbonyl (C=O) groups is 1. The van der Waals surface area contributed by atoms with Gasteiger partial charge in [0.05, 0.1) is 5.56 Å². The van der Waals surface area contributed by atoms with Crippen LogP contribution in [0.5, 0.6) is 0 Å². The molecule has 1 fully saturated rings. The van der Waals surface area contributed by atoms with E-state index in [0.717, 1.165) is 49.5 Å². The van der Waals surface area contributed by atoms with Crippen LogP contribution in [-0.4, -0.2) is 24.4 Å². The zero-order valence-corrected chi connectivity index (χ0v) is 15.4. The number of benzene rings is 2. The molecule has 144 valence electrons. The second-order valence-electron chi connectivity index (χ2n) is 6.36. The fourth-order valence-corrected chi connectivity index (χ4v) is 3.97. The molecule has 27 heavy (non-hydrogen) atoms. The highest BCUT2D eigenvalue weighted by Crippen LogP contribution is 2.30. The molecular formula is C20H20F3NO2S. The third kappa shape index (κ3) is 5.74. The average molecular weight is 395 g/mol. The largest absolute Gasteiger partial charge is 0.416 e. The Morgan fingerprint density at radius 1 is 1.11 bits per heavy atom. The normalized spacial score (nSPS) is 15.5. The van der Waals surface area contributed by atoms with Crippen molar-refractivity contribution < 1.29 is 22.7 Å². The van der Waals surface area contributed by atoms with Crippen LogP contribution >= 0.6 is 11.8 Å². The van der Waals surface area contributed by atoms with Crippen molar-refractivity contribution in [3.63, 3.8) is 0 Å². The first kappa shape index (κ1) is 19.8. The summed E-state index contributed by atoms with van der Waals surface area (Å²) in [5, 5.41) is 3.25. The van der Waals surface area contributed by atoms with Gasteiger partial charge in [-0.2, -0.15) is 24.9 Å². The molecule has 0 unspecified atom stereocenters. The number of rotatable bonds is 5. The molecule has 3 nitrogen and oxygen atoms in total. The Morgan fingerprint density at radius 3 is 2.59 bits per heavy atom. The molecule has 0 aromatic heterocycles. The highest BCUT2D eigenvalue weighted by molar-refractivity contribution is 7.99. The van der Waals surface area contributed by atoms with E-state index in [9.17, 15) is 18.0 Å². The van der Waals surface area contributed by atoms with E-state index in [1.54, 1.807) is 6.07 Å². The molecule has 2 aromatic rings. The van der Waals surface area contributed by atoms with Gasteiger partial charge >= 0.3 is 6.18 Å². The van der Waals surface area contributed by atoms with Crippen LogP contribution in [0.3, 0.4) is 0 Å². The zero-order chi connectivity index (χ0) is 19.3. The Morgan fingerprint density at radius 2 is 1.85 bits per heavy atom. The number of hydrogen-bond donors (Lipinski definition) is 1. The minimum absolute atomic E-state index is 0.0215. The molecule has 0 saturated carbocycles. The number of amides is 1. The quantitative estimate of drug-likeness (QED) is 0.740. The van der Waals surface area contributed by atoms with Crippen LogP contribution in [0.25, 0.3) is 0 Å². The first-order valence-corrected chi connectivity index (χ1v) is 9.73. The predicted octanol–water partition coefficient (Wildman–Crippen LogP) is 5.37. The molecule has 1 amide bonds. The van der Waals surface area contributed by atoms with E-state index in [1.807, 2.05) is 30.0 Å². The van der Waals surface area contributed by atoms with E-state index in [1.165, 1.54) is 12.1 Å². The fourth-order valence-electron chi connectivity index (χ4n) is 2.84. The molecule has 1 aliphatic rings. The summed E-state index contributed by atoms with van der Waals surface area (Å²) >= 11 is 1.86. The van der Waals surface area contributed by atoms with Gasteiger partial charge in [0.2, 0.25) is 0 Å². The van der Waals surface area contributed by atoms with E-state index < -0.39 is 17.6 Å². The molecule has 0 radical (unpaired) electrons. The monoisotopic (exact) mass is 395 g/mol. The lowest BCUT2D eigenvalue weighted by atomic mass is 10.1. The number of halogens is 3. The highest BCUT2D eigenvalue weighted by atomic mass is 32.2. The van der Waals surface area contributed by atoms with E-state index >= 15 is 0 Å². The Kier molecular flexibility index (Phi) is 6.44. The van der Waals surface area contributed by atoms with Gasteiger partial charge in [-0.15, -0.1) is 0 Å². The standard InChI is InChI=1S/C20H20F3NO2S/c21-20(22,23)16-5-2-4-15(12-16)19(25)24-17-6-1-3-14(11-17)13-27-18-7-9-26-10-8-18/h1-6,11-12,18H,7-10,13H2,(H,24,25). The van der Waals surface area contributed by atoms with Gasteiger partial charge in [0.25, 0.3) is 5.91 Å². The Bertz CT molecular complexity index is 789. The predicted molar refractivity (Wildman–Crippen MR) is 101 cm³/mol. The van der Waals surface area contributed by atoms with E-state index in [-0.39, 0.29) is 5.56 Å². The van der Waals surface area contributed by atoms with Gasteiger partial charge in [0.1, 0.15) is 0 Å². The molecule has 3 rings (SSSR count). The van der Waals surface area contributed by atoms with Crippen LogP contribution in [-0.2, 0) is 16.7 Å². The second-order valence-corrected chi connectivity index (χ2v) is 7.64. The minimum Gasteiger partial charge on any atom is -0.381 e. The lowest BCUT2D eigenvalue weighted by molar-refractivity contribution is -0.137. The number of thioether (sulfide) groups is 1. The number of nitrogens with one attached hydrogen (secondary N) is 1.